The van der Waals surface area contributed by atoms with Crippen molar-refractivity contribution in [3.63, 3.8) is 0 Å². The van der Waals surface area contributed by atoms with Gasteiger partial charge in [0.05, 0.1) is 6.33 Å². The predicted octanol–water partition coefficient (Wildman–Crippen LogP) is 3.29. The maximum absolute atomic E-state index is 4.19. The van der Waals surface area contributed by atoms with Gasteiger partial charge in [-0.2, -0.15) is 0 Å². The predicted molar refractivity (Wildman–Crippen MR) is 66.8 cm³/mol. The number of rotatable bonds is 2. The molecule has 4 heteroatoms. The minimum Gasteiger partial charge on any atom is -0.318 e. The molecule has 5 rings (SSSR count). The maximum Gasteiger partial charge on any atom is 0.0977 e. The van der Waals surface area contributed by atoms with Crippen LogP contribution >= 0.6 is 8.73 Å². The molecule has 0 aromatic carbocycles. The van der Waals surface area contributed by atoms with E-state index in [4.69, 9.17) is 0 Å². The molecule has 1 unspecified atom stereocenters. The van der Waals surface area contributed by atoms with Crippen molar-refractivity contribution in [1.29, 1.82) is 0 Å². The van der Waals surface area contributed by atoms with E-state index in [0.29, 0.717) is 5.16 Å². The van der Waals surface area contributed by atoms with Crippen molar-refractivity contribution in [2.45, 2.75) is 43.7 Å². The first-order valence-corrected chi connectivity index (χ1v) is 7.52. The molecule has 4 aliphatic rings. The normalized spacial score (nSPS) is 43.2. The van der Waals surface area contributed by atoms with Gasteiger partial charge in [-0.3, -0.25) is 0 Å². The van der Waals surface area contributed by atoms with Crippen LogP contribution in [0.1, 0.15) is 38.5 Å². The van der Waals surface area contributed by atoms with Crippen molar-refractivity contribution in [3.05, 3.63) is 18.7 Å². The summed E-state index contributed by atoms with van der Waals surface area (Å²) < 4.78 is 2.34. The average molecular weight is 418 g/mol. The van der Waals surface area contributed by atoms with Gasteiger partial charge in [0.15, 0.2) is 0 Å². The number of nitrogens with zero attached hydrogens (tertiary/aromatic N) is 2. The molecule has 1 atom stereocenters. The van der Waals surface area contributed by atoms with E-state index in [0.717, 1.165) is 26.5 Å². The largest absolute Gasteiger partial charge is 0.318 e. The van der Waals surface area contributed by atoms with E-state index in [1.165, 1.54) is 19.3 Å². The molecule has 0 N–H and O–H groups in total. The van der Waals surface area contributed by atoms with Crippen LogP contribution in [0.4, 0.5) is 0 Å². The minimum absolute atomic E-state index is 0. The van der Waals surface area contributed by atoms with Crippen molar-refractivity contribution >= 4 is 8.73 Å². The fraction of sp³-hybridized carbons (Fsp3) is 0.769. The Hall–Kier alpha value is 0.328. The molecule has 0 radical (unpaired) electrons. The summed E-state index contributed by atoms with van der Waals surface area (Å²) in [5, 5.41) is 0.676. The van der Waals surface area contributed by atoms with Gasteiger partial charge < -0.3 is 4.34 Å². The Labute approximate surface area is 119 Å². The molecule has 2 nitrogen and oxygen atoms in total. The van der Waals surface area contributed by atoms with Gasteiger partial charge in [-0.1, -0.05) is 0 Å². The monoisotopic (exact) mass is 418 g/mol. The van der Waals surface area contributed by atoms with Crippen LogP contribution in [0.5, 0.6) is 0 Å². The Balaban J connectivity index is 0.000000902. The van der Waals surface area contributed by atoms with Gasteiger partial charge in [0.1, 0.15) is 0 Å². The van der Waals surface area contributed by atoms with Crippen LogP contribution in [-0.2, 0) is 21.1 Å². The zero-order valence-electron chi connectivity index (χ0n) is 10.0. The third-order valence-corrected chi connectivity index (χ3v) is 6.52. The fourth-order valence-corrected chi connectivity index (χ4v) is 6.80. The smallest absolute Gasteiger partial charge is 0.0977 e. The summed E-state index contributed by atoms with van der Waals surface area (Å²) in [5.74, 6) is 3.21. The molecular formula is C13H19N2PW. The second-order valence-corrected chi connectivity index (χ2v) is 8.08. The van der Waals surface area contributed by atoms with Crippen molar-refractivity contribution < 1.29 is 21.1 Å². The second-order valence-electron chi connectivity index (χ2n) is 6.28. The van der Waals surface area contributed by atoms with Crippen molar-refractivity contribution in [1.82, 2.24) is 9.32 Å². The first-order valence-electron chi connectivity index (χ1n) is 6.57. The van der Waals surface area contributed by atoms with Gasteiger partial charge in [0.25, 0.3) is 0 Å². The summed E-state index contributed by atoms with van der Waals surface area (Å²) in [6.45, 7) is 0. The van der Waals surface area contributed by atoms with Crippen LogP contribution in [0, 0.1) is 17.8 Å². The van der Waals surface area contributed by atoms with Crippen LogP contribution < -0.4 is 0 Å². The van der Waals surface area contributed by atoms with Gasteiger partial charge in [-0.25, -0.2) is 4.98 Å². The standard InChI is InChI=1S/C13H19N2P.W/c1-2-15(9-14-1)16-13-6-10-3-11(7-13)5-12(4-10)8-13;/h1-2,9-12,16H,3-8H2;. The molecule has 1 heterocycles. The third-order valence-electron chi connectivity index (χ3n) is 4.91. The molecule has 4 saturated carbocycles. The van der Waals surface area contributed by atoms with E-state index >= 15 is 0 Å². The average Bonchev–Trinajstić information content (AvgIpc) is 2.66. The van der Waals surface area contributed by atoms with Crippen LogP contribution in [0.2, 0.25) is 0 Å². The molecular weight excluding hydrogens is 399 g/mol. The molecule has 0 spiro atoms. The SMILES string of the molecule is [W].c1cn(PC23CC4CC(CC(C4)C2)C3)cn1. The number of aromatic nitrogens is 2. The molecule has 1 aromatic heterocycles. The second kappa shape index (κ2) is 4.46. The van der Waals surface area contributed by atoms with Crippen molar-refractivity contribution in [2.75, 3.05) is 0 Å². The van der Waals surface area contributed by atoms with Gasteiger partial charge in [0.2, 0.25) is 0 Å². The summed E-state index contributed by atoms with van der Waals surface area (Å²) in [4.78, 5) is 4.19. The van der Waals surface area contributed by atoms with Crippen molar-refractivity contribution in [3.8, 4) is 0 Å². The number of imidazole rings is 1. The first kappa shape index (κ1) is 12.4. The summed E-state index contributed by atoms with van der Waals surface area (Å²) in [7, 11) is 0.956. The first-order chi connectivity index (χ1) is 7.81. The van der Waals surface area contributed by atoms with Crippen molar-refractivity contribution in [2.24, 2.45) is 17.8 Å². The molecule has 0 aliphatic heterocycles. The summed E-state index contributed by atoms with van der Waals surface area (Å²) >= 11 is 0. The Morgan fingerprint density at radius 1 is 1.06 bits per heavy atom. The van der Waals surface area contributed by atoms with E-state index < -0.39 is 0 Å². The molecule has 4 aliphatic carbocycles. The summed E-state index contributed by atoms with van der Waals surface area (Å²) in [6, 6.07) is 0. The van der Waals surface area contributed by atoms with Crippen LogP contribution in [0.25, 0.3) is 0 Å². The van der Waals surface area contributed by atoms with Gasteiger partial charge >= 0.3 is 0 Å². The van der Waals surface area contributed by atoms with Gasteiger partial charge in [0, 0.05) is 38.6 Å². The minimum atomic E-state index is 0. The molecule has 4 bridgehead atoms. The van der Waals surface area contributed by atoms with E-state index in [1.807, 2.05) is 12.5 Å². The zero-order valence-corrected chi connectivity index (χ0v) is 13.9. The fourth-order valence-electron chi connectivity index (χ4n) is 4.85. The molecule has 0 saturated heterocycles. The van der Waals surface area contributed by atoms with E-state index in [9.17, 15) is 0 Å². The van der Waals surface area contributed by atoms with Gasteiger partial charge in [-0.15, -0.1) is 0 Å². The topological polar surface area (TPSA) is 17.8 Å². The molecule has 0 amide bonds. The Kier molecular flexibility index (Phi) is 3.24. The molecule has 4 fully saturated rings. The Bertz CT molecular complexity index is 355. The molecule has 1 aromatic rings. The summed E-state index contributed by atoms with van der Waals surface area (Å²) in [6.07, 6.45) is 15.3. The van der Waals surface area contributed by atoms with Crippen LogP contribution in [-0.4, -0.2) is 14.5 Å². The quantitative estimate of drug-likeness (QED) is 0.675. The zero-order chi connectivity index (χ0) is 10.6. The molecule has 92 valence electrons. The summed E-state index contributed by atoms with van der Waals surface area (Å²) in [5.41, 5.74) is 0. The molecule has 17 heavy (non-hydrogen) atoms. The van der Waals surface area contributed by atoms with Gasteiger partial charge in [-0.05, 0) is 65.0 Å². The van der Waals surface area contributed by atoms with Crippen LogP contribution in [0.15, 0.2) is 18.7 Å². The third kappa shape index (κ3) is 2.17. The van der Waals surface area contributed by atoms with E-state index in [-0.39, 0.29) is 21.1 Å². The van der Waals surface area contributed by atoms with E-state index in [1.54, 1.807) is 19.3 Å². The van der Waals surface area contributed by atoms with E-state index in [2.05, 4.69) is 15.5 Å². The Morgan fingerprint density at radius 3 is 2.12 bits per heavy atom. The number of hydrogen-bond donors (Lipinski definition) is 0. The Morgan fingerprint density at radius 2 is 1.65 bits per heavy atom. The van der Waals surface area contributed by atoms with Crippen LogP contribution in [0.3, 0.4) is 0 Å². The maximum atomic E-state index is 4.19. The number of hydrogen-bond acceptors (Lipinski definition) is 1.